The molecule has 5 nitrogen and oxygen atoms in total. The summed E-state index contributed by atoms with van der Waals surface area (Å²) in [6.07, 6.45) is 2.89. The van der Waals surface area contributed by atoms with E-state index in [1.54, 1.807) is 16.2 Å². The molecule has 2 heterocycles. The van der Waals surface area contributed by atoms with Crippen molar-refractivity contribution in [1.29, 1.82) is 0 Å². The van der Waals surface area contributed by atoms with Gasteiger partial charge in [0, 0.05) is 24.4 Å². The van der Waals surface area contributed by atoms with Gasteiger partial charge >= 0.3 is 12.0 Å². The van der Waals surface area contributed by atoms with Gasteiger partial charge in [-0.3, -0.25) is 4.79 Å². The fourth-order valence-electron chi connectivity index (χ4n) is 2.77. The van der Waals surface area contributed by atoms with E-state index >= 15 is 0 Å². The lowest BCUT2D eigenvalue weighted by molar-refractivity contribution is -0.138. The van der Waals surface area contributed by atoms with Gasteiger partial charge in [0.05, 0.1) is 6.54 Å². The van der Waals surface area contributed by atoms with Gasteiger partial charge in [0.25, 0.3) is 0 Å². The Morgan fingerprint density at radius 3 is 3.05 bits per heavy atom. The Bertz CT molecular complexity index is 501. The molecule has 1 fully saturated rings. The Labute approximate surface area is 129 Å². The number of carboxylic acids is 1. The summed E-state index contributed by atoms with van der Waals surface area (Å²) in [6, 6.07) is 2.01. The second kappa shape index (κ2) is 7.45. The Morgan fingerprint density at radius 2 is 2.33 bits per heavy atom. The molecule has 0 aliphatic carbocycles. The zero-order valence-electron chi connectivity index (χ0n) is 12.3. The van der Waals surface area contributed by atoms with Gasteiger partial charge in [0.2, 0.25) is 0 Å². The number of hydrogen-bond acceptors (Lipinski definition) is 3. The number of aryl methyl sites for hydroxylation is 1. The highest BCUT2D eigenvalue weighted by atomic mass is 32.1. The lowest BCUT2D eigenvalue weighted by atomic mass is 9.95. The van der Waals surface area contributed by atoms with E-state index < -0.39 is 5.97 Å². The molecule has 2 rings (SSSR count). The van der Waals surface area contributed by atoms with Crippen LogP contribution < -0.4 is 5.32 Å². The van der Waals surface area contributed by atoms with Crippen LogP contribution in [0.5, 0.6) is 0 Å². The Hall–Kier alpha value is -1.56. The molecule has 1 aliphatic rings. The molecular weight excluding hydrogens is 288 g/mol. The normalized spacial score (nSPS) is 18.5. The molecule has 0 aromatic carbocycles. The van der Waals surface area contributed by atoms with Crippen LogP contribution in [0.3, 0.4) is 0 Å². The third kappa shape index (κ3) is 4.46. The Balaban J connectivity index is 1.84. The lowest BCUT2D eigenvalue weighted by Crippen LogP contribution is -2.45. The van der Waals surface area contributed by atoms with Gasteiger partial charge in [-0.25, -0.2) is 4.79 Å². The van der Waals surface area contributed by atoms with E-state index in [1.165, 1.54) is 10.4 Å². The van der Waals surface area contributed by atoms with Crippen LogP contribution in [0.15, 0.2) is 11.4 Å². The summed E-state index contributed by atoms with van der Waals surface area (Å²) in [6.45, 7) is 3.92. The number of piperidine rings is 1. The van der Waals surface area contributed by atoms with Gasteiger partial charge in [-0.2, -0.15) is 0 Å². The van der Waals surface area contributed by atoms with E-state index in [4.69, 9.17) is 5.11 Å². The number of likely N-dealkylation sites (tertiary alicyclic amines) is 1. The number of hydrogen-bond donors (Lipinski definition) is 2. The summed E-state index contributed by atoms with van der Waals surface area (Å²) in [5.41, 5.74) is 1.28. The summed E-state index contributed by atoms with van der Waals surface area (Å²) < 4.78 is 0. The van der Waals surface area contributed by atoms with Crippen LogP contribution in [0.25, 0.3) is 0 Å². The molecule has 1 unspecified atom stereocenters. The first-order valence-electron chi connectivity index (χ1n) is 7.40. The third-order valence-corrected chi connectivity index (χ3v) is 4.85. The number of carboxylic acid groups (broad SMARTS) is 1. The molecule has 6 heteroatoms. The van der Waals surface area contributed by atoms with Crippen LogP contribution in [-0.4, -0.2) is 35.1 Å². The van der Waals surface area contributed by atoms with E-state index in [1.807, 2.05) is 5.38 Å². The maximum absolute atomic E-state index is 12.2. The average Bonchev–Trinajstić information content (AvgIpc) is 2.91. The fraction of sp³-hybridized carbons (Fsp3) is 0.600. The number of thiophene rings is 1. The molecule has 0 saturated carbocycles. The summed E-state index contributed by atoms with van der Waals surface area (Å²) in [4.78, 5) is 25.9. The SMILES string of the molecule is CCc1ccsc1CNC(=O)N1CCCC(CC(=O)O)C1. The minimum Gasteiger partial charge on any atom is -0.481 e. The van der Waals surface area contributed by atoms with E-state index in [0.717, 1.165) is 19.3 Å². The van der Waals surface area contributed by atoms with Crippen molar-refractivity contribution in [2.24, 2.45) is 5.92 Å². The molecule has 0 bridgehead atoms. The maximum Gasteiger partial charge on any atom is 0.317 e. The number of nitrogens with one attached hydrogen (secondary N) is 1. The molecule has 21 heavy (non-hydrogen) atoms. The van der Waals surface area contributed by atoms with Crippen LogP contribution in [0, 0.1) is 5.92 Å². The predicted molar refractivity (Wildman–Crippen MR) is 82.5 cm³/mol. The van der Waals surface area contributed by atoms with Gasteiger partial charge in [-0.1, -0.05) is 6.92 Å². The van der Waals surface area contributed by atoms with Gasteiger partial charge in [-0.05, 0) is 42.2 Å². The number of carbonyl (C=O) groups excluding carboxylic acids is 1. The molecule has 2 amide bonds. The first-order valence-corrected chi connectivity index (χ1v) is 8.28. The highest BCUT2D eigenvalue weighted by molar-refractivity contribution is 7.10. The van der Waals surface area contributed by atoms with Gasteiger partial charge in [0.15, 0.2) is 0 Å². The van der Waals surface area contributed by atoms with Crippen molar-refractivity contribution in [3.63, 3.8) is 0 Å². The van der Waals surface area contributed by atoms with Gasteiger partial charge < -0.3 is 15.3 Å². The molecule has 0 spiro atoms. The largest absolute Gasteiger partial charge is 0.481 e. The molecule has 1 saturated heterocycles. The summed E-state index contributed by atoms with van der Waals surface area (Å²) in [5, 5.41) is 13.9. The van der Waals surface area contributed by atoms with Gasteiger partial charge in [0.1, 0.15) is 0 Å². The second-order valence-electron chi connectivity index (χ2n) is 5.43. The maximum atomic E-state index is 12.2. The van der Waals surface area contributed by atoms with Crippen molar-refractivity contribution in [2.45, 2.75) is 39.2 Å². The molecule has 1 aromatic heterocycles. The topological polar surface area (TPSA) is 69.6 Å². The molecule has 1 aromatic rings. The molecule has 1 aliphatic heterocycles. The highest BCUT2D eigenvalue weighted by Crippen LogP contribution is 2.20. The van der Waals surface area contributed by atoms with Crippen molar-refractivity contribution in [1.82, 2.24) is 10.2 Å². The number of amides is 2. The summed E-state index contributed by atoms with van der Waals surface area (Å²) in [5.74, 6) is -0.705. The molecule has 1 atom stereocenters. The van der Waals surface area contributed by atoms with Crippen LogP contribution in [0.2, 0.25) is 0 Å². The van der Waals surface area contributed by atoms with Crippen molar-refractivity contribution >= 4 is 23.3 Å². The van der Waals surface area contributed by atoms with E-state index in [0.29, 0.717) is 19.6 Å². The fourth-order valence-corrected chi connectivity index (χ4v) is 3.68. The zero-order chi connectivity index (χ0) is 15.2. The molecular formula is C15H22N2O3S. The standard InChI is InChI=1S/C15H22N2O3S/c1-2-12-5-7-21-13(12)9-16-15(20)17-6-3-4-11(10-17)8-14(18)19/h5,7,11H,2-4,6,8-10H2,1H3,(H,16,20)(H,18,19). The van der Waals surface area contributed by atoms with Crippen molar-refractivity contribution in [3.8, 4) is 0 Å². The predicted octanol–water partition coefficient (Wildman–Crippen LogP) is 2.71. The second-order valence-corrected chi connectivity index (χ2v) is 6.43. The lowest BCUT2D eigenvalue weighted by Gasteiger charge is -2.32. The first-order chi connectivity index (χ1) is 10.1. The minimum absolute atomic E-state index is 0.0786. The molecule has 116 valence electrons. The van der Waals surface area contributed by atoms with E-state index in [-0.39, 0.29) is 18.4 Å². The zero-order valence-corrected chi connectivity index (χ0v) is 13.1. The third-order valence-electron chi connectivity index (χ3n) is 3.89. The Morgan fingerprint density at radius 1 is 1.52 bits per heavy atom. The van der Waals surface area contributed by atoms with E-state index in [9.17, 15) is 9.59 Å². The quantitative estimate of drug-likeness (QED) is 0.878. The molecule has 2 N–H and O–H groups in total. The van der Waals surface area contributed by atoms with Crippen LogP contribution in [0.4, 0.5) is 4.79 Å². The van der Waals surface area contributed by atoms with Crippen molar-refractivity contribution < 1.29 is 14.7 Å². The summed E-state index contributed by atoms with van der Waals surface area (Å²) in [7, 11) is 0. The number of carbonyl (C=O) groups is 2. The van der Waals surface area contributed by atoms with Crippen LogP contribution in [-0.2, 0) is 17.8 Å². The van der Waals surface area contributed by atoms with Crippen molar-refractivity contribution in [2.75, 3.05) is 13.1 Å². The minimum atomic E-state index is -0.784. The average molecular weight is 310 g/mol. The summed E-state index contributed by atoms with van der Waals surface area (Å²) >= 11 is 1.66. The number of nitrogens with zero attached hydrogens (tertiary/aromatic N) is 1. The number of rotatable bonds is 5. The number of urea groups is 1. The van der Waals surface area contributed by atoms with E-state index in [2.05, 4.69) is 18.3 Å². The first kappa shape index (κ1) is 15.8. The smallest absolute Gasteiger partial charge is 0.317 e. The highest BCUT2D eigenvalue weighted by Gasteiger charge is 2.25. The van der Waals surface area contributed by atoms with Crippen molar-refractivity contribution in [3.05, 3.63) is 21.9 Å². The number of aliphatic carboxylic acids is 1. The van der Waals surface area contributed by atoms with Crippen LogP contribution in [0.1, 0.15) is 36.6 Å². The monoisotopic (exact) mass is 310 g/mol. The molecule has 0 radical (unpaired) electrons. The van der Waals surface area contributed by atoms with Crippen LogP contribution >= 0.6 is 11.3 Å². The van der Waals surface area contributed by atoms with Gasteiger partial charge in [-0.15, -0.1) is 11.3 Å². The Kier molecular flexibility index (Phi) is 5.61.